The number of carboxylic acids is 1. The van der Waals surface area contributed by atoms with Gasteiger partial charge in [-0.2, -0.15) is 33.7 Å². The quantitative estimate of drug-likeness (QED) is 0.246. The minimum Gasteiger partial charge on any atom is -0.480 e. The van der Waals surface area contributed by atoms with Crippen molar-refractivity contribution < 1.29 is 71.4 Å². The number of aliphatic carboxylic acids is 1. The van der Waals surface area contributed by atoms with E-state index < -0.39 is 100 Å². The molecule has 0 aliphatic heterocycles. The molecule has 0 radical (unpaired) electrons. The van der Waals surface area contributed by atoms with Gasteiger partial charge in [-0.1, -0.05) is 24.3 Å². The molecule has 20 heteroatoms. The third-order valence-corrected chi connectivity index (χ3v) is 10.1. The summed E-state index contributed by atoms with van der Waals surface area (Å²) in [4.78, 5) is 33.0. The van der Waals surface area contributed by atoms with Crippen LogP contribution in [0.25, 0.3) is 0 Å². The second kappa shape index (κ2) is 7.57. The first kappa shape index (κ1) is 26.7. The van der Waals surface area contributed by atoms with Crippen LogP contribution in [0.3, 0.4) is 0 Å². The molecule has 0 bridgehead atoms. The van der Waals surface area contributed by atoms with E-state index in [1.807, 2.05) is 0 Å². The number of hydrogen-bond acceptors (Lipinski definition) is 11. The number of ketones is 2. The van der Waals surface area contributed by atoms with Crippen molar-refractivity contribution in [1.82, 2.24) is 0 Å². The van der Waals surface area contributed by atoms with E-state index in [-0.39, 0.29) is 0 Å². The van der Waals surface area contributed by atoms with Crippen LogP contribution in [0.5, 0.6) is 0 Å². The Morgan fingerprint density at radius 1 is 0.771 bits per heavy atom. The summed E-state index contributed by atoms with van der Waals surface area (Å²) in [6.07, 6.45) is 0. The molecule has 3 rings (SSSR count). The Bertz CT molecular complexity index is 1740. The Labute approximate surface area is 195 Å². The maximum absolute atomic E-state index is 13.2. The molecule has 0 amide bonds. The molecular formula is C15H10O16S4. The highest BCUT2D eigenvalue weighted by molar-refractivity contribution is 7.97. The lowest BCUT2D eigenvalue weighted by Gasteiger charge is -2.40. The van der Waals surface area contributed by atoms with E-state index in [9.17, 15) is 71.4 Å². The summed E-state index contributed by atoms with van der Waals surface area (Å²) >= 11 is 0. The standard InChI is InChI=1S/C15H10O16S4/c16-9-5-3-1-2-4-6(5)10(17)8-7(9)11(32(20,21)22)13(34(26,27)28)15(14(18)19,35(29,30)31)12(8)33(23,24)25/h1-4,12H,(H,18,19)(H,20,21,22)(H,23,24,25)(H,26,27,28)(H,29,30,31). The van der Waals surface area contributed by atoms with Crippen LogP contribution in [-0.2, 0) is 45.3 Å². The zero-order valence-corrected chi connectivity index (χ0v) is 19.5. The van der Waals surface area contributed by atoms with Gasteiger partial charge in [0.15, 0.2) is 16.8 Å². The monoisotopic (exact) mass is 574 g/mol. The number of carbonyl (C=O) groups excluding carboxylic acids is 2. The fraction of sp³-hybridized carbons (Fsp3) is 0.133. The average molecular weight is 574 g/mol. The molecule has 2 aliphatic rings. The minimum absolute atomic E-state index is 0.740. The fourth-order valence-electron chi connectivity index (χ4n) is 3.96. The highest BCUT2D eigenvalue weighted by Gasteiger charge is 2.73. The predicted octanol–water partition coefficient (Wildman–Crippen LogP) is -1.67. The van der Waals surface area contributed by atoms with Gasteiger partial charge in [0, 0.05) is 16.7 Å². The first-order valence-corrected chi connectivity index (χ1v) is 14.2. The summed E-state index contributed by atoms with van der Waals surface area (Å²) < 4.78 is 132. The molecule has 2 unspecified atom stereocenters. The Morgan fingerprint density at radius 3 is 1.57 bits per heavy atom. The van der Waals surface area contributed by atoms with Crippen LogP contribution in [0.15, 0.2) is 45.2 Å². The van der Waals surface area contributed by atoms with Gasteiger partial charge in [0.05, 0.1) is 5.57 Å². The van der Waals surface area contributed by atoms with Crippen molar-refractivity contribution in [2.75, 3.05) is 0 Å². The maximum Gasteiger partial charge on any atom is 0.334 e. The number of fused-ring (bicyclic) bond motifs is 1. The molecule has 16 nitrogen and oxygen atoms in total. The summed E-state index contributed by atoms with van der Waals surface area (Å²) in [6, 6.07) is 3.85. The van der Waals surface area contributed by atoms with Crippen molar-refractivity contribution in [2.24, 2.45) is 0 Å². The van der Waals surface area contributed by atoms with Crippen LogP contribution in [0.4, 0.5) is 0 Å². The second-order valence-corrected chi connectivity index (χ2v) is 12.8. The van der Waals surface area contributed by atoms with E-state index in [1.54, 1.807) is 0 Å². The summed E-state index contributed by atoms with van der Waals surface area (Å²) in [5.41, 5.74) is -5.30. The molecule has 0 aromatic heterocycles. The third kappa shape index (κ3) is 3.65. The van der Waals surface area contributed by atoms with E-state index in [1.165, 1.54) is 0 Å². The molecule has 5 N–H and O–H groups in total. The number of rotatable bonds is 5. The molecule has 2 aliphatic carbocycles. The molecule has 190 valence electrons. The van der Waals surface area contributed by atoms with Crippen molar-refractivity contribution >= 4 is 58.0 Å². The molecule has 0 heterocycles. The van der Waals surface area contributed by atoms with Crippen LogP contribution in [0.1, 0.15) is 20.7 Å². The van der Waals surface area contributed by atoms with Gasteiger partial charge in [-0.3, -0.25) is 27.8 Å². The number of carbonyl (C=O) groups is 3. The molecule has 0 fully saturated rings. The van der Waals surface area contributed by atoms with E-state index in [0.717, 1.165) is 24.3 Å². The van der Waals surface area contributed by atoms with E-state index in [0.29, 0.717) is 0 Å². The third-order valence-electron chi connectivity index (χ3n) is 5.10. The molecule has 1 aromatic rings. The molecule has 0 saturated carbocycles. The average Bonchev–Trinajstić information content (AvgIpc) is 2.66. The van der Waals surface area contributed by atoms with Crippen LogP contribution >= 0.6 is 0 Å². The van der Waals surface area contributed by atoms with E-state index >= 15 is 0 Å². The lowest BCUT2D eigenvalue weighted by Crippen LogP contribution is -2.64. The van der Waals surface area contributed by atoms with Crippen LogP contribution in [0, 0.1) is 0 Å². The van der Waals surface area contributed by atoms with Gasteiger partial charge in [0.25, 0.3) is 45.2 Å². The number of benzene rings is 1. The zero-order chi connectivity index (χ0) is 27.1. The Balaban J connectivity index is 2.89. The SMILES string of the molecule is O=C1C2=C(C(=O)c3ccccc31)C(S(=O)(=O)O)C(C(=O)O)(S(=O)(=O)O)C(S(=O)(=O)O)=C2S(=O)(=O)O. The van der Waals surface area contributed by atoms with Crippen molar-refractivity contribution in [3.8, 4) is 0 Å². The van der Waals surface area contributed by atoms with Crippen molar-refractivity contribution in [3.63, 3.8) is 0 Å². The maximum atomic E-state index is 13.2. The van der Waals surface area contributed by atoms with Crippen LogP contribution in [-0.4, -0.2) is 84.5 Å². The Hall–Kier alpha value is -2.85. The summed E-state index contributed by atoms with van der Waals surface area (Å²) in [7, 11) is -26.1. The van der Waals surface area contributed by atoms with Crippen molar-refractivity contribution in [1.29, 1.82) is 0 Å². The molecule has 1 aromatic carbocycles. The van der Waals surface area contributed by atoms with Gasteiger partial charge >= 0.3 is 5.97 Å². The van der Waals surface area contributed by atoms with E-state index in [2.05, 4.69) is 0 Å². The van der Waals surface area contributed by atoms with Gasteiger partial charge in [0.1, 0.15) is 9.81 Å². The number of carboxylic acid groups (broad SMARTS) is 1. The lowest BCUT2D eigenvalue weighted by atomic mass is 9.76. The first-order valence-electron chi connectivity index (χ1n) is 8.40. The molecule has 35 heavy (non-hydrogen) atoms. The minimum atomic E-state index is -6.82. The van der Waals surface area contributed by atoms with Gasteiger partial charge in [-0.25, -0.2) is 4.79 Å². The smallest absolute Gasteiger partial charge is 0.334 e. The summed E-state index contributed by atoms with van der Waals surface area (Å²) in [6.45, 7) is 0. The zero-order valence-electron chi connectivity index (χ0n) is 16.2. The normalized spacial score (nSPS) is 23.7. The van der Waals surface area contributed by atoms with Gasteiger partial charge < -0.3 is 5.11 Å². The van der Waals surface area contributed by atoms with E-state index in [4.69, 9.17) is 0 Å². The van der Waals surface area contributed by atoms with Crippen molar-refractivity contribution in [3.05, 3.63) is 56.3 Å². The fourth-order valence-corrected chi connectivity index (χ4v) is 9.98. The summed E-state index contributed by atoms with van der Waals surface area (Å²) in [5.74, 6) is -6.77. The number of allylic oxidation sites excluding steroid dienone is 1. The highest BCUT2D eigenvalue weighted by atomic mass is 32.2. The topological polar surface area (TPSA) is 289 Å². The lowest BCUT2D eigenvalue weighted by molar-refractivity contribution is -0.139. The predicted molar refractivity (Wildman–Crippen MR) is 110 cm³/mol. The number of Topliss-reactive ketones (excluding diaryl/α,β-unsaturated/α-hetero) is 2. The number of hydrogen-bond donors (Lipinski definition) is 5. The molecule has 2 atom stereocenters. The van der Waals surface area contributed by atoms with Gasteiger partial charge in [-0.15, -0.1) is 0 Å². The molecular weight excluding hydrogens is 564 g/mol. The molecule has 0 saturated heterocycles. The highest BCUT2D eigenvalue weighted by Crippen LogP contribution is 2.51. The van der Waals surface area contributed by atoms with Gasteiger partial charge in [-0.05, 0) is 0 Å². The first-order chi connectivity index (χ1) is 15.6. The largest absolute Gasteiger partial charge is 0.480 e. The summed E-state index contributed by atoms with van der Waals surface area (Å²) in [5, 5.41) is 5.77. The van der Waals surface area contributed by atoms with Crippen LogP contribution in [0.2, 0.25) is 0 Å². The Kier molecular flexibility index (Phi) is 5.79. The Morgan fingerprint density at radius 2 is 1.23 bits per heavy atom. The second-order valence-electron chi connectivity index (χ2n) is 7.01. The molecule has 0 spiro atoms. The van der Waals surface area contributed by atoms with Crippen LogP contribution < -0.4 is 0 Å². The van der Waals surface area contributed by atoms with Gasteiger partial charge in [0.2, 0.25) is 0 Å². The van der Waals surface area contributed by atoms with Crippen molar-refractivity contribution in [2.45, 2.75) is 10.00 Å².